The number of aryl methyl sites for hydroxylation is 2. The second-order valence-electron chi connectivity index (χ2n) is 6.41. The van der Waals surface area contributed by atoms with Crippen molar-refractivity contribution in [2.75, 3.05) is 4.72 Å². The van der Waals surface area contributed by atoms with Gasteiger partial charge in [-0.25, -0.2) is 18.0 Å². The van der Waals surface area contributed by atoms with Crippen LogP contribution in [0.5, 0.6) is 0 Å². The maximum absolute atomic E-state index is 13.0. The maximum Gasteiger partial charge on any atom is 0.335 e. The largest absolute Gasteiger partial charge is 0.478 e. The summed E-state index contributed by atoms with van der Waals surface area (Å²) in [5.74, 6) is -1.21. The number of carboxylic acid groups (broad SMARTS) is 1. The lowest BCUT2D eigenvalue weighted by Gasteiger charge is -2.16. The second-order valence-corrected chi connectivity index (χ2v) is 8.07. The number of benzene rings is 2. The summed E-state index contributed by atoms with van der Waals surface area (Å²) in [4.78, 5) is 25.9. The highest BCUT2D eigenvalue weighted by atomic mass is 32.2. The number of imidazole rings is 1. The van der Waals surface area contributed by atoms with E-state index in [9.17, 15) is 23.1 Å². The average molecular weight is 401 g/mol. The van der Waals surface area contributed by atoms with E-state index in [0.717, 1.165) is 6.07 Å². The van der Waals surface area contributed by atoms with Crippen molar-refractivity contribution in [3.8, 4) is 5.69 Å². The van der Waals surface area contributed by atoms with Crippen molar-refractivity contribution in [2.24, 2.45) is 0 Å². The SMILES string of the molecule is Cc1cc(C(=O)O)cc(S(=O)(=O)Nc2ccccc2-n2c(C)c[nH]c2=O)c1C. The van der Waals surface area contributed by atoms with E-state index in [1.807, 2.05) is 0 Å². The molecule has 9 heteroatoms. The monoisotopic (exact) mass is 401 g/mol. The van der Waals surface area contributed by atoms with Gasteiger partial charge in [-0.05, 0) is 56.2 Å². The predicted octanol–water partition coefficient (Wildman–Crippen LogP) is 2.59. The van der Waals surface area contributed by atoms with Crippen LogP contribution in [-0.2, 0) is 10.0 Å². The Labute approximate surface area is 161 Å². The van der Waals surface area contributed by atoms with E-state index < -0.39 is 21.7 Å². The highest BCUT2D eigenvalue weighted by molar-refractivity contribution is 7.92. The number of aromatic nitrogens is 2. The molecule has 146 valence electrons. The van der Waals surface area contributed by atoms with Crippen LogP contribution in [0.15, 0.2) is 52.3 Å². The molecule has 0 aliphatic rings. The van der Waals surface area contributed by atoms with Gasteiger partial charge in [0, 0.05) is 11.9 Å². The normalized spacial score (nSPS) is 11.4. The number of nitrogens with zero attached hydrogens (tertiary/aromatic N) is 1. The van der Waals surface area contributed by atoms with E-state index in [4.69, 9.17) is 0 Å². The Morgan fingerprint density at radius 1 is 1.14 bits per heavy atom. The third-order valence-electron chi connectivity index (χ3n) is 4.51. The predicted molar refractivity (Wildman–Crippen MR) is 105 cm³/mol. The van der Waals surface area contributed by atoms with Crippen LogP contribution >= 0.6 is 0 Å². The molecule has 0 bridgehead atoms. The van der Waals surface area contributed by atoms with E-state index in [1.54, 1.807) is 39.0 Å². The highest BCUT2D eigenvalue weighted by Crippen LogP contribution is 2.27. The molecule has 0 spiro atoms. The average Bonchev–Trinajstić information content (AvgIpc) is 2.95. The molecule has 3 N–H and O–H groups in total. The Morgan fingerprint density at radius 3 is 2.43 bits per heavy atom. The van der Waals surface area contributed by atoms with E-state index >= 15 is 0 Å². The van der Waals surface area contributed by atoms with Crippen LogP contribution in [0.4, 0.5) is 5.69 Å². The quantitative estimate of drug-likeness (QED) is 0.607. The fourth-order valence-corrected chi connectivity index (χ4v) is 4.36. The Balaban J connectivity index is 2.14. The second kappa shape index (κ2) is 7.01. The van der Waals surface area contributed by atoms with Gasteiger partial charge in [0.15, 0.2) is 0 Å². The number of H-pyrrole nitrogens is 1. The van der Waals surface area contributed by atoms with Crippen LogP contribution in [0.2, 0.25) is 0 Å². The molecule has 0 aliphatic heterocycles. The number of carboxylic acids is 1. The molecule has 3 aromatic rings. The minimum absolute atomic E-state index is 0.116. The first-order chi connectivity index (χ1) is 13.1. The molecule has 2 aromatic carbocycles. The van der Waals surface area contributed by atoms with Crippen molar-refractivity contribution in [3.63, 3.8) is 0 Å². The molecule has 0 radical (unpaired) electrons. The third-order valence-corrected chi connectivity index (χ3v) is 6.00. The lowest BCUT2D eigenvalue weighted by Crippen LogP contribution is -2.20. The Morgan fingerprint density at radius 2 is 1.82 bits per heavy atom. The number of aromatic amines is 1. The molecule has 1 heterocycles. The molecule has 3 rings (SSSR count). The molecular formula is C19H19N3O5S. The molecule has 0 saturated carbocycles. The molecule has 8 nitrogen and oxygen atoms in total. The summed E-state index contributed by atoms with van der Waals surface area (Å²) in [7, 11) is -4.10. The van der Waals surface area contributed by atoms with Crippen LogP contribution in [0.1, 0.15) is 27.2 Å². The summed E-state index contributed by atoms with van der Waals surface area (Å²) >= 11 is 0. The van der Waals surface area contributed by atoms with Crippen LogP contribution in [0.3, 0.4) is 0 Å². The van der Waals surface area contributed by atoms with Gasteiger partial charge in [0.2, 0.25) is 0 Å². The van der Waals surface area contributed by atoms with Crippen molar-refractivity contribution in [1.29, 1.82) is 0 Å². The molecule has 0 amide bonds. The van der Waals surface area contributed by atoms with E-state index in [0.29, 0.717) is 22.5 Å². The zero-order chi connectivity index (χ0) is 20.6. The number of rotatable bonds is 5. The van der Waals surface area contributed by atoms with Crippen molar-refractivity contribution < 1.29 is 18.3 Å². The number of anilines is 1. The molecule has 1 aromatic heterocycles. The number of nitrogens with one attached hydrogen (secondary N) is 2. The van der Waals surface area contributed by atoms with Gasteiger partial charge in [-0.15, -0.1) is 0 Å². The molecule has 0 fully saturated rings. The van der Waals surface area contributed by atoms with E-state index in [1.165, 1.54) is 22.9 Å². The number of sulfonamides is 1. The minimum atomic E-state index is -4.10. The molecule has 0 aliphatic carbocycles. The van der Waals surface area contributed by atoms with Crippen molar-refractivity contribution in [2.45, 2.75) is 25.7 Å². The first-order valence-corrected chi connectivity index (χ1v) is 9.84. The lowest BCUT2D eigenvalue weighted by molar-refractivity contribution is 0.0696. The molecule has 0 saturated heterocycles. The van der Waals surface area contributed by atoms with Gasteiger partial charge < -0.3 is 10.1 Å². The van der Waals surface area contributed by atoms with Gasteiger partial charge in [-0.3, -0.25) is 9.29 Å². The number of para-hydroxylation sites is 2. The van der Waals surface area contributed by atoms with Crippen molar-refractivity contribution in [1.82, 2.24) is 9.55 Å². The van der Waals surface area contributed by atoms with Crippen LogP contribution < -0.4 is 10.4 Å². The Bertz CT molecular complexity index is 1240. The van der Waals surface area contributed by atoms with Crippen LogP contribution in [0, 0.1) is 20.8 Å². The Hall–Kier alpha value is -3.33. The topological polar surface area (TPSA) is 121 Å². The summed E-state index contributed by atoms with van der Waals surface area (Å²) in [6.07, 6.45) is 1.53. The molecule has 0 atom stereocenters. The van der Waals surface area contributed by atoms with Gasteiger partial charge in [-0.1, -0.05) is 12.1 Å². The van der Waals surface area contributed by atoms with E-state index in [-0.39, 0.29) is 16.1 Å². The summed E-state index contributed by atoms with van der Waals surface area (Å²) in [5, 5.41) is 9.25. The summed E-state index contributed by atoms with van der Waals surface area (Å²) in [6, 6.07) is 9.03. The van der Waals surface area contributed by atoms with Crippen molar-refractivity contribution >= 4 is 21.7 Å². The first kappa shape index (κ1) is 19.4. The zero-order valence-electron chi connectivity index (χ0n) is 15.5. The van der Waals surface area contributed by atoms with Gasteiger partial charge in [-0.2, -0.15) is 0 Å². The Kier molecular flexibility index (Phi) is 4.86. The van der Waals surface area contributed by atoms with Crippen LogP contribution in [-0.4, -0.2) is 29.0 Å². The fourth-order valence-electron chi connectivity index (χ4n) is 2.94. The van der Waals surface area contributed by atoms with Gasteiger partial charge in [0.25, 0.3) is 10.0 Å². The summed E-state index contributed by atoms with van der Waals surface area (Å²) in [5.41, 5.74) is 1.65. The third kappa shape index (κ3) is 3.44. The van der Waals surface area contributed by atoms with Gasteiger partial charge in [0.1, 0.15) is 0 Å². The van der Waals surface area contributed by atoms with Gasteiger partial charge in [0.05, 0.1) is 21.8 Å². The van der Waals surface area contributed by atoms with Crippen LogP contribution in [0.25, 0.3) is 5.69 Å². The first-order valence-electron chi connectivity index (χ1n) is 8.35. The smallest absolute Gasteiger partial charge is 0.335 e. The fraction of sp³-hybridized carbons (Fsp3) is 0.158. The molecule has 28 heavy (non-hydrogen) atoms. The number of aromatic carboxylic acids is 1. The highest BCUT2D eigenvalue weighted by Gasteiger charge is 2.22. The number of hydrogen-bond donors (Lipinski definition) is 3. The number of carbonyl (C=O) groups is 1. The molecular weight excluding hydrogens is 382 g/mol. The maximum atomic E-state index is 13.0. The summed E-state index contributed by atoms with van der Waals surface area (Å²) < 4.78 is 29.9. The minimum Gasteiger partial charge on any atom is -0.478 e. The zero-order valence-corrected chi connectivity index (χ0v) is 16.3. The number of hydrogen-bond acceptors (Lipinski definition) is 4. The van der Waals surface area contributed by atoms with E-state index in [2.05, 4.69) is 9.71 Å². The molecule has 0 unspecified atom stereocenters. The lowest BCUT2D eigenvalue weighted by atomic mass is 10.1. The van der Waals surface area contributed by atoms with Crippen molar-refractivity contribution in [3.05, 3.63) is 75.5 Å². The standard InChI is InChI=1S/C19H19N3O5S/c1-11-8-14(18(23)24)9-17(13(11)3)28(26,27)21-15-6-4-5-7-16(15)22-12(2)10-20-19(22)25/h4-10,21H,1-3H3,(H,20,25)(H,23,24). The van der Waals surface area contributed by atoms with Gasteiger partial charge >= 0.3 is 11.7 Å². The summed E-state index contributed by atoms with van der Waals surface area (Å²) in [6.45, 7) is 4.98.